The molecule has 4 rings (SSSR count). The number of nitrogens with zero attached hydrogens (tertiary/aromatic N) is 1. The minimum Gasteiger partial charge on any atom is -0.352 e. The number of nitrogens with two attached hydrogens (primary N) is 2. The smallest absolute Gasteiger partial charge is 0.312 e. The number of thioether (sulfide) groups is 2. The first-order valence-corrected chi connectivity index (χ1v) is 14.7. The highest BCUT2D eigenvalue weighted by Crippen LogP contribution is 2.38. The number of benzene rings is 3. The van der Waals surface area contributed by atoms with E-state index >= 15 is 0 Å². The highest BCUT2D eigenvalue weighted by atomic mass is 32.2. The average Bonchev–Trinajstić information content (AvgIpc) is 3.04. The Hall–Kier alpha value is -3.47. The Balaban J connectivity index is 1.62. The molecule has 39 heavy (non-hydrogen) atoms. The van der Waals surface area contributed by atoms with Crippen molar-refractivity contribution >= 4 is 47.1 Å². The third-order valence-corrected chi connectivity index (χ3v) is 8.26. The van der Waals surface area contributed by atoms with Gasteiger partial charge in [0.2, 0.25) is 5.91 Å². The van der Waals surface area contributed by atoms with Crippen molar-refractivity contribution < 1.29 is 14.4 Å². The maximum absolute atomic E-state index is 13.8. The highest BCUT2D eigenvalue weighted by Gasteiger charge is 2.34. The summed E-state index contributed by atoms with van der Waals surface area (Å²) in [4.78, 5) is 41.5. The lowest BCUT2D eigenvalue weighted by molar-refractivity contribution is -0.129. The fraction of sp³-hybridized carbons (Fsp3) is 0.276. The molecule has 10 heteroatoms. The zero-order valence-electron chi connectivity index (χ0n) is 22.2. The Morgan fingerprint density at radius 2 is 1.82 bits per heavy atom. The van der Waals surface area contributed by atoms with Gasteiger partial charge in [0, 0.05) is 22.1 Å². The van der Waals surface area contributed by atoms with E-state index in [0.29, 0.717) is 18.8 Å². The van der Waals surface area contributed by atoms with E-state index in [2.05, 4.69) is 16.7 Å². The third kappa shape index (κ3) is 6.95. The van der Waals surface area contributed by atoms with Gasteiger partial charge in [0.15, 0.2) is 0 Å². The lowest BCUT2D eigenvalue weighted by Gasteiger charge is -2.28. The van der Waals surface area contributed by atoms with Crippen molar-refractivity contribution in [3.63, 3.8) is 0 Å². The second-order valence-corrected chi connectivity index (χ2v) is 11.8. The SMILES string of the molecule is CSc1ccc2c(c1)SC[C@@H](NC(=O)C(C)(C)N)C(=O)N2Cc1ccc(-c2ccccc2CNC(N)=O)cc1. The quantitative estimate of drug-likeness (QED) is 0.305. The molecular weight excluding hydrogens is 530 g/mol. The topological polar surface area (TPSA) is 131 Å². The Labute approximate surface area is 237 Å². The second kappa shape index (κ2) is 12.1. The van der Waals surface area contributed by atoms with E-state index in [9.17, 15) is 14.4 Å². The van der Waals surface area contributed by atoms with Crippen molar-refractivity contribution in [1.29, 1.82) is 0 Å². The standard InChI is InChI=1S/C29H33N5O3S2/c1-29(2,31)27(36)33-23-17-39-25-14-21(38-3)12-13-24(25)34(26(23)35)16-18-8-10-19(11-9-18)22-7-5-4-6-20(22)15-32-28(30)37/h4-14,23H,15-17,31H2,1-3H3,(H,33,36)(H3,30,32,37)/t23-/m1/s1. The van der Waals surface area contributed by atoms with Gasteiger partial charge in [0.25, 0.3) is 5.91 Å². The molecule has 0 saturated heterocycles. The van der Waals surface area contributed by atoms with Crippen molar-refractivity contribution in [3.8, 4) is 11.1 Å². The first-order valence-electron chi connectivity index (χ1n) is 12.5. The zero-order valence-corrected chi connectivity index (χ0v) is 23.8. The van der Waals surface area contributed by atoms with Crippen molar-refractivity contribution in [2.24, 2.45) is 11.5 Å². The number of nitrogens with one attached hydrogen (secondary N) is 2. The molecule has 0 bridgehead atoms. The Morgan fingerprint density at radius 1 is 1.10 bits per heavy atom. The summed E-state index contributed by atoms with van der Waals surface area (Å²) in [5.74, 6) is -0.134. The van der Waals surface area contributed by atoms with Gasteiger partial charge in [-0.25, -0.2) is 4.79 Å². The molecule has 6 N–H and O–H groups in total. The molecule has 0 saturated carbocycles. The second-order valence-electron chi connectivity index (χ2n) is 9.89. The van der Waals surface area contributed by atoms with E-state index in [1.165, 1.54) is 0 Å². The van der Waals surface area contributed by atoms with Crippen LogP contribution in [0.4, 0.5) is 10.5 Å². The Bertz CT molecular complexity index is 1370. The van der Waals surface area contributed by atoms with Gasteiger partial charge in [-0.1, -0.05) is 48.5 Å². The average molecular weight is 564 g/mol. The van der Waals surface area contributed by atoms with Gasteiger partial charge in [0.1, 0.15) is 6.04 Å². The summed E-state index contributed by atoms with van der Waals surface area (Å²) in [6.45, 7) is 3.92. The molecule has 1 heterocycles. The maximum Gasteiger partial charge on any atom is 0.312 e. The summed E-state index contributed by atoms with van der Waals surface area (Å²) in [7, 11) is 0. The summed E-state index contributed by atoms with van der Waals surface area (Å²) >= 11 is 3.20. The number of urea groups is 1. The summed E-state index contributed by atoms with van der Waals surface area (Å²) in [5.41, 5.74) is 14.8. The number of hydrogen-bond acceptors (Lipinski definition) is 6. The van der Waals surface area contributed by atoms with Crippen LogP contribution in [-0.2, 0) is 22.7 Å². The van der Waals surface area contributed by atoms with E-state index in [0.717, 1.165) is 37.7 Å². The van der Waals surface area contributed by atoms with Gasteiger partial charge in [-0.05, 0) is 60.6 Å². The number of anilines is 1. The van der Waals surface area contributed by atoms with Crippen LogP contribution in [0.1, 0.15) is 25.0 Å². The van der Waals surface area contributed by atoms with Gasteiger partial charge in [0.05, 0.1) is 17.8 Å². The number of rotatable bonds is 8. The Morgan fingerprint density at radius 3 is 2.49 bits per heavy atom. The van der Waals surface area contributed by atoms with E-state index in [1.54, 1.807) is 42.3 Å². The summed E-state index contributed by atoms with van der Waals surface area (Å²) in [6, 6.07) is 20.6. The van der Waals surface area contributed by atoms with Gasteiger partial charge in [-0.3, -0.25) is 9.59 Å². The van der Waals surface area contributed by atoms with Crippen LogP contribution in [0.5, 0.6) is 0 Å². The monoisotopic (exact) mass is 563 g/mol. The van der Waals surface area contributed by atoms with Crippen LogP contribution in [-0.4, -0.2) is 41.4 Å². The van der Waals surface area contributed by atoms with E-state index in [4.69, 9.17) is 11.5 Å². The van der Waals surface area contributed by atoms with Crippen LogP contribution < -0.4 is 27.0 Å². The van der Waals surface area contributed by atoms with Gasteiger partial charge in [-0.15, -0.1) is 23.5 Å². The predicted molar refractivity (Wildman–Crippen MR) is 159 cm³/mol. The Kier molecular flexibility index (Phi) is 8.89. The largest absolute Gasteiger partial charge is 0.352 e. The number of amides is 4. The third-order valence-electron chi connectivity index (χ3n) is 6.39. The fourth-order valence-corrected chi connectivity index (χ4v) is 5.86. The number of hydrogen-bond donors (Lipinski definition) is 4. The van der Waals surface area contributed by atoms with Crippen molar-refractivity contribution in [3.05, 3.63) is 77.9 Å². The minimum absolute atomic E-state index is 0.178. The molecule has 8 nitrogen and oxygen atoms in total. The van der Waals surface area contributed by atoms with Crippen molar-refractivity contribution in [2.75, 3.05) is 16.9 Å². The zero-order chi connectivity index (χ0) is 28.2. The molecular formula is C29H33N5O3S2. The first kappa shape index (κ1) is 28.5. The van der Waals surface area contributed by atoms with Crippen molar-refractivity contribution in [2.45, 2.75) is 48.3 Å². The van der Waals surface area contributed by atoms with Crippen LogP contribution in [0.25, 0.3) is 11.1 Å². The van der Waals surface area contributed by atoms with Crippen LogP contribution in [0.15, 0.2) is 76.5 Å². The van der Waals surface area contributed by atoms with E-state index in [-0.39, 0.29) is 11.8 Å². The first-order chi connectivity index (χ1) is 18.6. The fourth-order valence-electron chi connectivity index (χ4n) is 4.23. The molecule has 0 aromatic heterocycles. The molecule has 1 aliphatic rings. The predicted octanol–water partition coefficient (Wildman–Crippen LogP) is 4.10. The van der Waals surface area contributed by atoms with Crippen LogP contribution in [0.2, 0.25) is 0 Å². The van der Waals surface area contributed by atoms with E-state index < -0.39 is 17.6 Å². The summed E-state index contributed by atoms with van der Waals surface area (Å²) in [5, 5.41) is 5.51. The molecule has 3 aromatic carbocycles. The summed E-state index contributed by atoms with van der Waals surface area (Å²) in [6.07, 6.45) is 2.02. The number of carbonyl (C=O) groups excluding carboxylic acids is 3. The lowest BCUT2D eigenvalue weighted by Crippen LogP contribution is -2.56. The van der Waals surface area contributed by atoms with Gasteiger partial charge >= 0.3 is 6.03 Å². The van der Waals surface area contributed by atoms with Crippen LogP contribution in [0, 0.1) is 0 Å². The number of fused-ring (bicyclic) bond motifs is 1. The molecule has 4 amide bonds. The molecule has 0 aliphatic carbocycles. The van der Waals surface area contributed by atoms with E-state index in [1.807, 2.05) is 66.9 Å². The normalized spacial score (nSPS) is 15.3. The minimum atomic E-state index is -1.10. The molecule has 0 radical (unpaired) electrons. The molecule has 1 aliphatic heterocycles. The summed E-state index contributed by atoms with van der Waals surface area (Å²) < 4.78 is 0. The molecule has 0 spiro atoms. The van der Waals surface area contributed by atoms with Gasteiger partial charge < -0.3 is 27.0 Å². The molecule has 204 valence electrons. The van der Waals surface area contributed by atoms with Crippen molar-refractivity contribution in [1.82, 2.24) is 10.6 Å². The van der Waals surface area contributed by atoms with Crippen LogP contribution in [0.3, 0.4) is 0 Å². The number of carbonyl (C=O) groups is 3. The van der Waals surface area contributed by atoms with Crippen LogP contribution >= 0.6 is 23.5 Å². The highest BCUT2D eigenvalue weighted by molar-refractivity contribution is 8.00. The molecule has 0 fully saturated rings. The molecule has 1 atom stereocenters. The molecule has 3 aromatic rings. The molecule has 0 unspecified atom stereocenters. The maximum atomic E-state index is 13.8. The number of primary amides is 1. The lowest BCUT2D eigenvalue weighted by atomic mass is 9.98. The van der Waals surface area contributed by atoms with Gasteiger partial charge in [-0.2, -0.15) is 0 Å².